The van der Waals surface area contributed by atoms with Gasteiger partial charge in [-0.2, -0.15) is 0 Å². The van der Waals surface area contributed by atoms with E-state index in [0.29, 0.717) is 0 Å². The van der Waals surface area contributed by atoms with E-state index < -0.39 is 9.84 Å². The zero-order valence-electron chi connectivity index (χ0n) is 12.4. The molecule has 18 heavy (non-hydrogen) atoms. The predicted octanol–water partition coefficient (Wildman–Crippen LogP) is 1.75. The summed E-state index contributed by atoms with van der Waals surface area (Å²) in [6.45, 7) is 11.9. The van der Waals surface area contributed by atoms with Gasteiger partial charge in [-0.15, -0.1) is 0 Å². The molecular formula is C13H27NO3S. The lowest BCUT2D eigenvalue weighted by Gasteiger charge is -2.30. The van der Waals surface area contributed by atoms with Gasteiger partial charge in [-0.1, -0.05) is 6.92 Å². The largest absolute Gasteiger partial charge is 0.368 e. The van der Waals surface area contributed by atoms with Gasteiger partial charge in [0.2, 0.25) is 0 Å². The highest BCUT2D eigenvalue weighted by molar-refractivity contribution is 7.91. The van der Waals surface area contributed by atoms with Crippen molar-refractivity contribution in [2.24, 2.45) is 0 Å². The Hall–Kier alpha value is -0.130. The number of ether oxygens (including phenoxy) is 1. The molecule has 2 atom stereocenters. The lowest BCUT2D eigenvalue weighted by Crippen LogP contribution is -2.49. The average Bonchev–Trinajstić information content (AvgIpc) is 2.33. The van der Waals surface area contributed by atoms with Crippen molar-refractivity contribution in [2.75, 3.05) is 11.5 Å². The SMILES string of the molecule is CCS(=O)(=O)C[C@H](C)N[C@@H]1CC(C)(C)OC1(C)C. The zero-order valence-corrected chi connectivity index (χ0v) is 13.2. The molecule has 108 valence electrons. The molecule has 0 aromatic rings. The molecule has 0 bridgehead atoms. The van der Waals surface area contributed by atoms with Crippen LogP contribution in [0.15, 0.2) is 0 Å². The van der Waals surface area contributed by atoms with Crippen molar-refractivity contribution >= 4 is 9.84 Å². The summed E-state index contributed by atoms with van der Waals surface area (Å²) in [7, 11) is -2.93. The van der Waals surface area contributed by atoms with Gasteiger partial charge in [0.05, 0.1) is 17.0 Å². The molecule has 1 aliphatic rings. The van der Waals surface area contributed by atoms with Crippen LogP contribution in [-0.4, -0.2) is 43.2 Å². The summed E-state index contributed by atoms with van der Waals surface area (Å²) in [5, 5.41) is 3.41. The molecule has 1 fully saturated rings. The molecule has 0 unspecified atom stereocenters. The summed E-state index contributed by atoms with van der Waals surface area (Å²) in [6.07, 6.45) is 0.899. The van der Waals surface area contributed by atoms with Crippen LogP contribution in [0.3, 0.4) is 0 Å². The number of hydrogen-bond donors (Lipinski definition) is 1. The van der Waals surface area contributed by atoms with Gasteiger partial charge in [0, 0.05) is 17.8 Å². The Morgan fingerprint density at radius 2 is 1.89 bits per heavy atom. The Balaban J connectivity index is 2.63. The van der Waals surface area contributed by atoms with E-state index in [-0.39, 0.29) is 34.8 Å². The standard InChI is InChI=1S/C13H27NO3S/c1-7-18(15,16)9-10(2)14-11-8-12(3,4)17-13(11,5)6/h10-11,14H,7-9H2,1-6H3/t10-,11+/m0/s1. The third kappa shape index (κ3) is 4.21. The second-order valence-corrected chi connectivity index (χ2v) is 8.89. The van der Waals surface area contributed by atoms with E-state index in [1.54, 1.807) is 6.92 Å². The lowest BCUT2D eigenvalue weighted by atomic mass is 9.94. The first-order chi connectivity index (χ1) is 7.97. The molecule has 1 saturated heterocycles. The third-order valence-electron chi connectivity index (χ3n) is 3.50. The fourth-order valence-electron chi connectivity index (χ4n) is 2.71. The van der Waals surface area contributed by atoms with Gasteiger partial charge in [-0.3, -0.25) is 0 Å². The second kappa shape index (κ2) is 5.10. The number of sulfone groups is 1. The molecule has 0 aliphatic carbocycles. The van der Waals surface area contributed by atoms with Crippen molar-refractivity contribution in [3.63, 3.8) is 0 Å². The van der Waals surface area contributed by atoms with E-state index in [1.807, 2.05) is 6.92 Å². The van der Waals surface area contributed by atoms with Crippen LogP contribution in [0.1, 0.15) is 48.0 Å². The smallest absolute Gasteiger partial charge is 0.151 e. The Bertz CT molecular complexity index is 387. The van der Waals surface area contributed by atoms with E-state index >= 15 is 0 Å². The van der Waals surface area contributed by atoms with Crippen molar-refractivity contribution in [3.05, 3.63) is 0 Å². The first-order valence-electron chi connectivity index (χ1n) is 6.64. The Morgan fingerprint density at radius 1 is 1.33 bits per heavy atom. The van der Waals surface area contributed by atoms with Gasteiger partial charge in [-0.25, -0.2) is 8.42 Å². The molecule has 1 aliphatic heterocycles. The highest BCUT2D eigenvalue weighted by atomic mass is 32.2. The minimum Gasteiger partial charge on any atom is -0.368 e. The third-order valence-corrected chi connectivity index (χ3v) is 5.39. The lowest BCUT2D eigenvalue weighted by molar-refractivity contribution is -0.0702. The van der Waals surface area contributed by atoms with E-state index in [2.05, 4.69) is 33.0 Å². The molecule has 1 heterocycles. The molecule has 0 amide bonds. The van der Waals surface area contributed by atoms with Crippen molar-refractivity contribution in [1.82, 2.24) is 5.32 Å². The van der Waals surface area contributed by atoms with Crippen LogP contribution >= 0.6 is 0 Å². The van der Waals surface area contributed by atoms with E-state index in [9.17, 15) is 8.42 Å². The van der Waals surface area contributed by atoms with E-state index in [0.717, 1.165) is 6.42 Å². The minimum atomic E-state index is -2.93. The van der Waals surface area contributed by atoms with Crippen LogP contribution in [0.2, 0.25) is 0 Å². The maximum atomic E-state index is 11.6. The maximum Gasteiger partial charge on any atom is 0.151 e. The summed E-state index contributed by atoms with van der Waals surface area (Å²) in [5.41, 5.74) is -0.405. The van der Waals surface area contributed by atoms with Crippen molar-refractivity contribution < 1.29 is 13.2 Å². The van der Waals surface area contributed by atoms with Crippen molar-refractivity contribution in [3.8, 4) is 0 Å². The van der Waals surface area contributed by atoms with E-state index in [4.69, 9.17) is 4.74 Å². The first-order valence-corrected chi connectivity index (χ1v) is 8.46. The second-order valence-electron chi connectivity index (χ2n) is 6.49. The Kier molecular flexibility index (Phi) is 4.51. The monoisotopic (exact) mass is 277 g/mol. The Labute approximate surface area is 111 Å². The molecule has 0 aromatic carbocycles. The van der Waals surface area contributed by atoms with E-state index in [1.165, 1.54) is 0 Å². The summed E-state index contributed by atoms with van der Waals surface area (Å²) in [5.74, 6) is 0.394. The summed E-state index contributed by atoms with van der Waals surface area (Å²) >= 11 is 0. The first kappa shape index (κ1) is 15.9. The minimum absolute atomic E-state index is 0.0447. The molecule has 1 rings (SSSR count). The van der Waals surface area contributed by atoms with Gasteiger partial charge in [0.25, 0.3) is 0 Å². The summed E-state index contributed by atoms with van der Waals surface area (Å²) in [6, 6.07) is 0.145. The van der Waals surface area contributed by atoms with Crippen LogP contribution in [-0.2, 0) is 14.6 Å². The molecule has 1 N–H and O–H groups in total. The quantitative estimate of drug-likeness (QED) is 0.832. The molecule has 4 nitrogen and oxygen atoms in total. The van der Waals surface area contributed by atoms with Gasteiger partial charge in [0.15, 0.2) is 9.84 Å². The molecule has 5 heteroatoms. The maximum absolute atomic E-state index is 11.6. The molecule has 0 radical (unpaired) electrons. The zero-order chi connectivity index (χ0) is 14.2. The van der Waals surface area contributed by atoms with Gasteiger partial charge in [-0.05, 0) is 41.0 Å². The van der Waals surface area contributed by atoms with Crippen LogP contribution in [0, 0.1) is 0 Å². The fourth-order valence-corrected chi connectivity index (χ4v) is 3.81. The topological polar surface area (TPSA) is 55.4 Å². The number of rotatable bonds is 5. The molecular weight excluding hydrogens is 250 g/mol. The predicted molar refractivity (Wildman–Crippen MR) is 74.6 cm³/mol. The van der Waals surface area contributed by atoms with Crippen molar-refractivity contribution in [2.45, 2.75) is 71.2 Å². The van der Waals surface area contributed by atoms with Crippen LogP contribution in [0.4, 0.5) is 0 Å². The van der Waals surface area contributed by atoms with Gasteiger partial charge >= 0.3 is 0 Å². The number of nitrogens with one attached hydrogen (secondary N) is 1. The van der Waals surface area contributed by atoms with Crippen LogP contribution in [0.25, 0.3) is 0 Å². The van der Waals surface area contributed by atoms with Crippen LogP contribution in [0.5, 0.6) is 0 Å². The van der Waals surface area contributed by atoms with Gasteiger partial charge < -0.3 is 10.1 Å². The normalized spacial score (nSPS) is 28.2. The highest BCUT2D eigenvalue weighted by Gasteiger charge is 2.46. The van der Waals surface area contributed by atoms with Crippen molar-refractivity contribution in [1.29, 1.82) is 0 Å². The number of hydrogen-bond acceptors (Lipinski definition) is 4. The summed E-state index contributed by atoms with van der Waals surface area (Å²) in [4.78, 5) is 0. The molecule has 0 aromatic heterocycles. The fraction of sp³-hybridized carbons (Fsp3) is 1.00. The molecule has 0 saturated carbocycles. The van der Waals surface area contributed by atoms with Gasteiger partial charge in [0.1, 0.15) is 0 Å². The summed E-state index contributed by atoms with van der Waals surface area (Å²) < 4.78 is 29.2. The average molecular weight is 277 g/mol. The Morgan fingerprint density at radius 3 is 2.28 bits per heavy atom. The van der Waals surface area contributed by atoms with Crippen LogP contribution < -0.4 is 5.32 Å². The highest BCUT2D eigenvalue weighted by Crippen LogP contribution is 2.37. The molecule has 0 spiro atoms.